The van der Waals surface area contributed by atoms with E-state index < -0.39 is 0 Å². The van der Waals surface area contributed by atoms with Crippen molar-refractivity contribution in [3.63, 3.8) is 0 Å². The second-order valence-electron chi connectivity index (χ2n) is 8.26. The van der Waals surface area contributed by atoms with Crippen molar-refractivity contribution in [2.45, 2.75) is 29.4 Å². The number of carbonyl (C=O) groups excluding carboxylic acids is 1. The number of piperidine rings is 1. The molecule has 1 unspecified atom stereocenters. The molecular formula is C22H27N5OS. The number of rotatable bonds is 3. The quantitative estimate of drug-likeness (QED) is 0.726. The Bertz CT molecular complexity index is 856. The number of aromatic nitrogens is 1. The maximum absolute atomic E-state index is 13.0. The van der Waals surface area contributed by atoms with Crippen molar-refractivity contribution >= 4 is 23.5 Å². The number of amides is 1. The number of anilines is 1. The van der Waals surface area contributed by atoms with Gasteiger partial charge in [0.25, 0.3) is 0 Å². The molecule has 0 radical (unpaired) electrons. The molecule has 6 nitrogen and oxygen atoms in total. The van der Waals surface area contributed by atoms with Crippen LogP contribution in [0.15, 0.2) is 59.8 Å². The highest BCUT2D eigenvalue weighted by Crippen LogP contribution is 2.40. The lowest BCUT2D eigenvalue weighted by Gasteiger charge is -2.44. The van der Waals surface area contributed by atoms with Crippen LogP contribution in [0.2, 0.25) is 0 Å². The number of pyridine rings is 1. The predicted molar refractivity (Wildman–Crippen MR) is 116 cm³/mol. The van der Waals surface area contributed by atoms with Gasteiger partial charge >= 0.3 is 0 Å². The highest BCUT2D eigenvalue weighted by molar-refractivity contribution is 7.97. The maximum atomic E-state index is 13.0. The number of hydrogen-bond acceptors (Lipinski definition) is 6. The zero-order valence-corrected chi connectivity index (χ0v) is 17.6. The van der Waals surface area contributed by atoms with Crippen LogP contribution in [-0.2, 0) is 4.79 Å². The first-order valence-electron chi connectivity index (χ1n) is 10.3. The molecule has 0 aliphatic carbocycles. The molecule has 5 rings (SSSR count). The molecule has 1 amide bonds. The second-order valence-corrected chi connectivity index (χ2v) is 9.43. The van der Waals surface area contributed by atoms with E-state index in [4.69, 9.17) is 0 Å². The van der Waals surface area contributed by atoms with Gasteiger partial charge in [0.2, 0.25) is 5.91 Å². The number of carbonyl (C=O) groups is 1. The Balaban J connectivity index is 1.28. The van der Waals surface area contributed by atoms with E-state index in [1.165, 1.54) is 10.6 Å². The summed E-state index contributed by atoms with van der Waals surface area (Å²) in [7, 11) is 2.22. The largest absolute Gasteiger partial charge is 0.371 e. The molecule has 152 valence electrons. The van der Waals surface area contributed by atoms with E-state index in [1.54, 1.807) is 11.9 Å². The van der Waals surface area contributed by atoms with Crippen LogP contribution in [0.4, 0.5) is 5.69 Å². The summed E-state index contributed by atoms with van der Waals surface area (Å²) < 4.78 is 2.22. The zero-order valence-electron chi connectivity index (χ0n) is 16.8. The summed E-state index contributed by atoms with van der Waals surface area (Å²) in [6, 6.07) is 14.5. The minimum Gasteiger partial charge on any atom is -0.371 e. The van der Waals surface area contributed by atoms with E-state index in [0.717, 1.165) is 39.0 Å². The first-order valence-corrected chi connectivity index (χ1v) is 11.1. The molecule has 1 atom stereocenters. The molecule has 3 aliphatic heterocycles. The lowest BCUT2D eigenvalue weighted by Crippen LogP contribution is -2.56. The fourth-order valence-electron chi connectivity index (χ4n) is 4.97. The van der Waals surface area contributed by atoms with Gasteiger partial charge in [0, 0.05) is 54.7 Å². The van der Waals surface area contributed by atoms with E-state index in [2.05, 4.69) is 55.3 Å². The third-order valence-electron chi connectivity index (χ3n) is 6.72. The number of hydrogen-bond donors (Lipinski definition) is 0. The Hall–Kier alpha value is -2.09. The molecule has 0 N–H and O–H groups in total. The zero-order chi connectivity index (χ0) is 19.8. The summed E-state index contributed by atoms with van der Waals surface area (Å²) >= 11 is 1.70. The molecule has 1 spiro atoms. The molecule has 0 bridgehead atoms. The van der Waals surface area contributed by atoms with Crippen molar-refractivity contribution in [1.82, 2.24) is 19.1 Å². The molecule has 7 heteroatoms. The lowest BCUT2D eigenvalue weighted by molar-refractivity contribution is -0.137. The van der Waals surface area contributed by atoms with E-state index in [-0.39, 0.29) is 17.6 Å². The van der Waals surface area contributed by atoms with Crippen molar-refractivity contribution in [2.24, 2.45) is 0 Å². The van der Waals surface area contributed by atoms with Gasteiger partial charge in [-0.05, 0) is 56.1 Å². The maximum Gasteiger partial charge on any atom is 0.239 e. The van der Waals surface area contributed by atoms with E-state index in [1.807, 2.05) is 30.6 Å². The number of nitrogens with zero attached hydrogens (tertiary/aromatic N) is 5. The summed E-state index contributed by atoms with van der Waals surface area (Å²) in [6.07, 6.45) is 6.05. The second kappa shape index (κ2) is 7.63. The Morgan fingerprint density at radius 1 is 1.07 bits per heavy atom. The van der Waals surface area contributed by atoms with Gasteiger partial charge < -0.3 is 9.80 Å². The van der Waals surface area contributed by atoms with Crippen LogP contribution >= 0.6 is 11.9 Å². The third-order valence-corrected chi connectivity index (χ3v) is 7.74. The van der Waals surface area contributed by atoms with Crippen LogP contribution in [-0.4, -0.2) is 76.5 Å². The molecule has 0 saturated carbocycles. The molecule has 3 saturated heterocycles. The van der Waals surface area contributed by atoms with Crippen LogP contribution in [0.25, 0.3) is 0 Å². The average Bonchev–Trinajstić information content (AvgIpc) is 3.02. The molecule has 3 aliphatic rings. The first kappa shape index (κ1) is 18.9. The van der Waals surface area contributed by atoms with Crippen molar-refractivity contribution in [3.8, 4) is 0 Å². The van der Waals surface area contributed by atoms with Gasteiger partial charge in [0.15, 0.2) is 0 Å². The molecule has 1 aromatic heterocycles. The van der Waals surface area contributed by atoms with Gasteiger partial charge in [0.05, 0.1) is 12.7 Å². The minimum absolute atomic E-state index is 0.0945. The van der Waals surface area contributed by atoms with Crippen molar-refractivity contribution in [2.75, 3.05) is 44.7 Å². The number of piperazine rings is 1. The summed E-state index contributed by atoms with van der Waals surface area (Å²) in [6.45, 7) is 4.28. The Morgan fingerprint density at radius 2 is 1.79 bits per heavy atom. The molecular weight excluding hydrogens is 382 g/mol. The Morgan fingerprint density at radius 3 is 2.52 bits per heavy atom. The fourth-order valence-corrected chi connectivity index (χ4v) is 5.93. The van der Waals surface area contributed by atoms with Gasteiger partial charge in [-0.1, -0.05) is 18.2 Å². The predicted octanol–water partition coefficient (Wildman–Crippen LogP) is 2.54. The van der Waals surface area contributed by atoms with Crippen molar-refractivity contribution < 1.29 is 4.79 Å². The standard InChI is InChI=1S/C22H27N5OS/c1-24-20-15-26(29-19-5-3-2-4-6-19)16-21(28)27(20)17-22(24)9-13-25(14-10-22)18-7-11-23-12-8-18/h2-8,11-12,20H,9-10,13-17H2,1H3. The summed E-state index contributed by atoms with van der Waals surface area (Å²) in [4.78, 5) is 25.3. The van der Waals surface area contributed by atoms with Gasteiger partial charge in [0.1, 0.15) is 0 Å². The number of benzene rings is 1. The normalized spacial score (nSPS) is 24.9. The first-order chi connectivity index (χ1) is 14.1. The molecule has 3 fully saturated rings. The fraction of sp³-hybridized carbons (Fsp3) is 0.455. The van der Waals surface area contributed by atoms with Crippen LogP contribution in [0.5, 0.6) is 0 Å². The summed E-state index contributed by atoms with van der Waals surface area (Å²) in [5.41, 5.74) is 1.34. The van der Waals surface area contributed by atoms with Crippen LogP contribution < -0.4 is 4.90 Å². The van der Waals surface area contributed by atoms with Crippen LogP contribution in [0, 0.1) is 0 Å². The lowest BCUT2D eigenvalue weighted by atomic mass is 9.86. The highest BCUT2D eigenvalue weighted by Gasteiger charge is 2.53. The molecule has 29 heavy (non-hydrogen) atoms. The van der Waals surface area contributed by atoms with Gasteiger partial charge in [-0.3, -0.25) is 14.7 Å². The highest BCUT2D eigenvalue weighted by atomic mass is 32.2. The number of fused-ring (bicyclic) bond motifs is 1. The van der Waals surface area contributed by atoms with Crippen LogP contribution in [0.1, 0.15) is 12.8 Å². The Labute approximate surface area is 176 Å². The average molecular weight is 410 g/mol. The Kier molecular flexibility index (Phi) is 4.97. The van der Waals surface area contributed by atoms with Crippen molar-refractivity contribution in [3.05, 3.63) is 54.9 Å². The van der Waals surface area contributed by atoms with Crippen molar-refractivity contribution in [1.29, 1.82) is 0 Å². The monoisotopic (exact) mass is 409 g/mol. The number of likely N-dealkylation sites (N-methyl/N-ethyl adjacent to an activating group) is 1. The smallest absolute Gasteiger partial charge is 0.239 e. The van der Waals surface area contributed by atoms with E-state index in [9.17, 15) is 4.79 Å². The van der Waals surface area contributed by atoms with Gasteiger partial charge in [-0.25, -0.2) is 4.31 Å². The molecule has 4 heterocycles. The van der Waals surface area contributed by atoms with E-state index >= 15 is 0 Å². The third kappa shape index (κ3) is 3.52. The summed E-state index contributed by atoms with van der Waals surface area (Å²) in [5.74, 6) is 0.255. The van der Waals surface area contributed by atoms with E-state index in [0.29, 0.717) is 6.54 Å². The molecule has 2 aromatic rings. The minimum atomic E-state index is 0.0945. The van der Waals surface area contributed by atoms with Gasteiger partial charge in [-0.2, -0.15) is 0 Å². The SMILES string of the molecule is CN1C2CN(Sc3ccccc3)CC(=O)N2CC12CCN(c1ccncc1)CC2. The van der Waals surface area contributed by atoms with Gasteiger partial charge in [-0.15, -0.1) is 0 Å². The molecule has 1 aromatic carbocycles. The summed E-state index contributed by atoms with van der Waals surface area (Å²) in [5, 5.41) is 0. The van der Waals surface area contributed by atoms with Crippen LogP contribution in [0.3, 0.4) is 0 Å². The topological polar surface area (TPSA) is 42.9 Å².